The summed E-state index contributed by atoms with van der Waals surface area (Å²) in [4.78, 5) is 12.5. The third-order valence-electron chi connectivity index (χ3n) is 3.72. The van der Waals surface area contributed by atoms with Crippen LogP contribution in [0.2, 0.25) is 10.0 Å². The number of nitrogens with zero attached hydrogens (tertiary/aromatic N) is 2. The second kappa shape index (κ2) is 9.66. The van der Waals surface area contributed by atoms with Crippen molar-refractivity contribution in [2.45, 2.75) is 6.92 Å². The van der Waals surface area contributed by atoms with Gasteiger partial charge in [0.05, 0.1) is 12.1 Å². The molecule has 0 heterocycles. The summed E-state index contributed by atoms with van der Waals surface area (Å²) < 4.78 is 10.5. The van der Waals surface area contributed by atoms with Crippen molar-refractivity contribution in [3.05, 3.63) is 57.1 Å². The van der Waals surface area contributed by atoms with Gasteiger partial charge in [0, 0.05) is 10.7 Å². The molecule has 8 heteroatoms. The lowest BCUT2D eigenvalue weighted by Crippen LogP contribution is -2.14. The molecule has 28 heavy (non-hydrogen) atoms. The summed E-state index contributed by atoms with van der Waals surface area (Å²) >= 11 is 12.2. The summed E-state index contributed by atoms with van der Waals surface area (Å²) in [5.41, 5.74) is 1.52. The van der Waals surface area contributed by atoms with Gasteiger partial charge < -0.3 is 14.8 Å². The lowest BCUT2D eigenvalue weighted by molar-refractivity contribution is -0.112. The Bertz CT molecular complexity index is 1020. The van der Waals surface area contributed by atoms with Crippen molar-refractivity contribution in [3.8, 4) is 23.6 Å². The van der Waals surface area contributed by atoms with Gasteiger partial charge in [0.15, 0.2) is 18.1 Å². The van der Waals surface area contributed by atoms with E-state index in [1.54, 1.807) is 31.2 Å². The van der Waals surface area contributed by atoms with Crippen molar-refractivity contribution in [1.29, 1.82) is 10.5 Å². The highest BCUT2D eigenvalue weighted by molar-refractivity contribution is 6.32. The van der Waals surface area contributed by atoms with Crippen LogP contribution >= 0.6 is 23.2 Å². The number of rotatable bonds is 6. The standard InChI is InChI=1S/C20H15Cl2N3O3/c1-12-15(21)4-3-5-17(12)25-20(26)14(11-24)8-13-9-16(22)19(28-7-6-23)18(10-13)27-2/h3-5,8-10H,7H2,1-2H3,(H,25,26)/b14-8-. The van der Waals surface area contributed by atoms with Crippen molar-refractivity contribution in [2.75, 3.05) is 19.0 Å². The van der Waals surface area contributed by atoms with E-state index in [-0.39, 0.29) is 28.7 Å². The molecule has 0 aromatic heterocycles. The van der Waals surface area contributed by atoms with Gasteiger partial charge in [-0.05, 0) is 48.4 Å². The van der Waals surface area contributed by atoms with Crippen LogP contribution in [0.3, 0.4) is 0 Å². The number of anilines is 1. The van der Waals surface area contributed by atoms with Gasteiger partial charge in [0.1, 0.15) is 17.7 Å². The largest absolute Gasteiger partial charge is 0.493 e. The van der Waals surface area contributed by atoms with Crippen LogP contribution in [-0.4, -0.2) is 19.6 Å². The fourth-order valence-corrected chi connectivity index (χ4v) is 2.76. The summed E-state index contributed by atoms with van der Waals surface area (Å²) in [7, 11) is 1.41. The highest BCUT2D eigenvalue weighted by Gasteiger charge is 2.15. The van der Waals surface area contributed by atoms with E-state index in [1.165, 1.54) is 19.3 Å². The lowest BCUT2D eigenvalue weighted by atomic mass is 10.1. The summed E-state index contributed by atoms with van der Waals surface area (Å²) in [6, 6.07) is 11.9. The molecule has 0 radical (unpaired) electrons. The zero-order valence-corrected chi connectivity index (χ0v) is 16.6. The van der Waals surface area contributed by atoms with Gasteiger partial charge in [-0.1, -0.05) is 29.3 Å². The fourth-order valence-electron chi connectivity index (χ4n) is 2.32. The molecule has 0 atom stereocenters. The summed E-state index contributed by atoms with van der Waals surface area (Å²) in [6.45, 7) is 1.56. The first-order valence-electron chi connectivity index (χ1n) is 7.96. The molecule has 0 saturated heterocycles. The van der Waals surface area contributed by atoms with Crippen LogP contribution in [0.15, 0.2) is 35.9 Å². The predicted octanol–water partition coefficient (Wildman–Crippen LogP) is 4.76. The van der Waals surface area contributed by atoms with Gasteiger partial charge in [-0.2, -0.15) is 10.5 Å². The fraction of sp³-hybridized carbons (Fsp3) is 0.150. The van der Waals surface area contributed by atoms with E-state index in [9.17, 15) is 10.1 Å². The second-order valence-corrected chi connectivity index (χ2v) is 6.33. The number of methoxy groups -OCH3 is 1. The number of nitriles is 2. The molecule has 6 nitrogen and oxygen atoms in total. The maximum Gasteiger partial charge on any atom is 0.266 e. The number of nitrogens with one attached hydrogen (secondary N) is 1. The minimum Gasteiger partial charge on any atom is -0.493 e. The number of hydrogen-bond acceptors (Lipinski definition) is 5. The van der Waals surface area contributed by atoms with E-state index in [0.29, 0.717) is 21.8 Å². The van der Waals surface area contributed by atoms with Gasteiger partial charge in [-0.3, -0.25) is 4.79 Å². The molecule has 1 amide bonds. The second-order valence-electron chi connectivity index (χ2n) is 5.52. The maximum atomic E-state index is 12.5. The van der Waals surface area contributed by atoms with Crippen molar-refractivity contribution in [1.82, 2.24) is 0 Å². The third kappa shape index (κ3) is 4.95. The first kappa shape index (κ1) is 21.1. The molecule has 0 spiro atoms. The molecule has 0 unspecified atom stereocenters. The Kier molecular flexibility index (Phi) is 7.28. The Morgan fingerprint density at radius 3 is 2.64 bits per heavy atom. The zero-order valence-electron chi connectivity index (χ0n) is 15.0. The smallest absolute Gasteiger partial charge is 0.266 e. The van der Waals surface area contributed by atoms with Crippen molar-refractivity contribution in [3.63, 3.8) is 0 Å². The van der Waals surface area contributed by atoms with E-state index < -0.39 is 5.91 Å². The first-order chi connectivity index (χ1) is 13.4. The van der Waals surface area contributed by atoms with E-state index in [1.807, 2.05) is 12.1 Å². The van der Waals surface area contributed by atoms with Crippen LogP contribution < -0.4 is 14.8 Å². The van der Waals surface area contributed by atoms with Crippen molar-refractivity contribution < 1.29 is 14.3 Å². The number of carbonyl (C=O) groups excluding carboxylic acids is 1. The molecule has 0 aliphatic carbocycles. The van der Waals surface area contributed by atoms with Crippen molar-refractivity contribution >= 4 is 40.9 Å². The average Bonchev–Trinajstić information content (AvgIpc) is 2.68. The van der Waals surface area contributed by atoms with Crippen LogP contribution in [0.1, 0.15) is 11.1 Å². The highest BCUT2D eigenvalue weighted by atomic mass is 35.5. The molecule has 0 saturated carbocycles. The minimum absolute atomic E-state index is 0.136. The first-order valence-corrected chi connectivity index (χ1v) is 8.72. The molecular weight excluding hydrogens is 401 g/mol. The normalized spacial score (nSPS) is 10.6. The van der Waals surface area contributed by atoms with Gasteiger partial charge in [-0.15, -0.1) is 0 Å². The molecule has 2 rings (SSSR count). The molecule has 0 fully saturated rings. The van der Waals surface area contributed by atoms with Crippen LogP contribution in [0.4, 0.5) is 5.69 Å². The molecule has 1 N–H and O–H groups in total. The molecule has 2 aromatic carbocycles. The highest BCUT2D eigenvalue weighted by Crippen LogP contribution is 2.37. The summed E-state index contributed by atoms with van der Waals surface area (Å²) in [6.07, 6.45) is 1.37. The summed E-state index contributed by atoms with van der Waals surface area (Å²) in [5.74, 6) is -0.106. The Balaban J connectivity index is 2.34. The molecule has 0 bridgehead atoms. The number of benzene rings is 2. The molecular formula is C20H15Cl2N3O3. The Morgan fingerprint density at radius 1 is 1.25 bits per heavy atom. The van der Waals surface area contributed by atoms with Crippen LogP contribution in [0, 0.1) is 29.6 Å². The Morgan fingerprint density at radius 2 is 2.00 bits per heavy atom. The number of hydrogen-bond donors (Lipinski definition) is 1. The molecule has 0 aliphatic heterocycles. The van der Waals surface area contributed by atoms with Gasteiger partial charge in [-0.25, -0.2) is 0 Å². The Labute approximate surface area is 172 Å². The summed E-state index contributed by atoms with van der Waals surface area (Å²) in [5, 5.41) is 21.4. The van der Waals surface area contributed by atoms with Crippen LogP contribution in [-0.2, 0) is 4.79 Å². The van der Waals surface area contributed by atoms with E-state index >= 15 is 0 Å². The zero-order chi connectivity index (χ0) is 20.7. The van der Waals surface area contributed by atoms with E-state index in [2.05, 4.69) is 5.32 Å². The van der Waals surface area contributed by atoms with Crippen LogP contribution in [0.5, 0.6) is 11.5 Å². The number of ether oxygens (including phenoxy) is 2. The quantitative estimate of drug-likeness (QED) is 0.541. The maximum absolute atomic E-state index is 12.5. The topological polar surface area (TPSA) is 95.1 Å². The van der Waals surface area contributed by atoms with Crippen molar-refractivity contribution in [2.24, 2.45) is 0 Å². The monoisotopic (exact) mass is 415 g/mol. The third-order valence-corrected chi connectivity index (χ3v) is 4.42. The SMILES string of the molecule is COc1cc(/C=C(/C#N)C(=O)Nc2cccc(Cl)c2C)cc(Cl)c1OCC#N. The predicted molar refractivity (Wildman–Crippen MR) is 108 cm³/mol. The molecule has 2 aromatic rings. The number of amides is 1. The van der Waals surface area contributed by atoms with Crippen LogP contribution in [0.25, 0.3) is 6.08 Å². The lowest BCUT2D eigenvalue weighted by Gasteiger charge is -2.12. The van der Waals surface area contributed by atoms with E-state index in [4.69, 9.17) is 37.9 Å². The number of carbonyl (C=O) groups is 1. The van der Waals surface area contributed by atoms with Gasteiger partial charge in [0.25, 0.3) is 5.91 Å². The number of halogens is 2. The van der Waals surface area contributed by atoms with Gasteiger partial charge in [0.2, 0.25) is 0 Å². The Hall–Kier alpha value is -3.19. The van der Waals surface area contributed by atoms with E-state index in [0.717, 1.165) is 0 Å². The molecule has 142 valence electrons. The molecule has 0 aliphatic rings. The average molecular weight is 416 g/mol. The minimum atomic E-state index is -0.590. The van der Waals surface area contributed by atoms with Gasteiger partial charge >= 0.3 is 0 Å².